The first-order valence-electron chi connectivity index (χ1n) is 12.8. The van der Waals surface area contributed by atoms with E-state index in [1.54, 1.807) is 0 Å². The second-order valence-electron chi connectivity index (χ2n) is 10.0. The highest BCUT2D eigenvalue weighted by atomic mass is 15.1. The number of nitrogens with zero attached hydrogens (tertiary/aromatic N) is 1. The molecule has 32 heavy (non-hydrogen) atoms. The van der Waals surface area contributed by atoms with Crippen LogP contribution in [0.1, 0.15) is 92.7 Å². The second kappa shape index (κ2) is 9.94. The molecule has 3 aromatic rings. The number of benzene rings is 3. The van der Waals surface area contributed by atoms with Crippen LogP contribution in [0.5, 0.6) is 0 Å². The summed E-state index contributed by atoms with van der Waals surface area (Å²) in [6.07, 6.45) is 13.8. The molecule has 2 saturated carbocycles. The standard InChI is InChI=1S/C31H37N/c1-24-9-8-14-31(23-24)32(29-19-15-27(16-20-29)25-10-4-2-5-11-25)30-21-17-28(18-22-30)26-12-6-3-7-13-26/h8-9,14-23,25-26H,2-7,10-13H2,1H3. The van der Waals surface area contributed by atoms with Crippen molar-refractivity contribution in [1.29, 1.82) is 0 Å². The molecule has 0 unspecified atom stereocenters. The fourth-order valence-electron chi connectivity index (χ4n) is 5.88. The molecular weight excluding hydrogens is 386 g/mol. The van der Waals surface area contributed by atoms with Crippen LogP contribution in [-0.4, -0.2) is 0 Å². The van der Waals surface area contributed by atoms with Crippen LogP contribution in [0, 0.1) is 6.92 Å². The van der Waals surface area contributed by atoms with Crippen LogP contribution < -0.4 is 4.90 Å². The predicted octanol–water partition coefficient (Wildman–Crippen LogP) is 9.56. The molecule has 0 N–H and O–H groups in total. The summed E-state index contributed by atoms with van der Waals surface area (Å²) in [6, 6.07) is 27.7. The van der Waals surface area contributed by atoms with E-state index in [-0.39, 0.29) is 0 Å². The first-order chi connectivity index (χ1) is 15.8. The second-order valence-corrected chi connectivity index (χ2v) is 10.0. The van der Waals surface area contributed by atoms with E-state index in [4.69, 9.17) is 0 Å². The van der Waals surface area contributed by atoms with Gasteiger partial charge in [0, 0.05) is 17.1 Å². The van der Waals surface area contributed by atoms with Gasteiger partial charge in [0.05, 0.1) is 0 Å². The molecule has 0 aliphatic heterocycles. The topological polar surface area (TPSA) is 3.24 Å². The van der Waals surface area contributed by atoms with Crippen LogP contribution >= 0.6 is 0 Å². The van der Waals surface area contributed by atoms with Crippen LogP contribution in [-0.2, 0) is 0 Å². The summed E-state index contributed by atoms with van der Waals surface area (Å²) < 4.78 is 0. The van der Waals surface area contributed by atoms with E-state index < -0.39 is 0 Å². The first-order valence-corrected chi connectivity index (χ1v) is 12.8. The number of hydrogen-bond acceptors (Lipinski definition) is 1. The molecular formula is C31H37N. The van der Waals surface area contributed by atoms with E-state index in [0.717, 1.165) is 11.8 Å². The van der Waals surface area contributed by atoms with Crippen molar-refractivity contribution in [2.75, 3.05) is 4.90 Å². The highest BCUT2D eigenvalue weighted by molar-refractivity contribution is 5.77. The van der Waals surface area contributed by atoms with Crippen molar-refractivity contribution in [2.45, 2.75) is 83.0 Å². The highest BCUT2D eigenvalue weighted by Crippen LogP contribution is 2.39. The quantitative estimate of drug-likeness (QED) is 0.395. The fourth-order valence-corrected chi connectivity index (χ4v) is 5.88. The molecule has 1 heteroatoms. The fraction of sp³-hybridized carbons (Fsp3) is 0.419. The minimum atomic E-state index is 0.750. The van der Waals surface area contributed by atoms with Crippen LogP contribution in [0.2, 0.25) is 0 Å². The van der Waals surface area contributed by atoms with Gasteiger partial charge in [-0.3, -0.25) is 0 Å². The van der Waals surface area contributed by atoms with Gasteiger partial charge in [-0.05, 0) is 97.5 Å². The minimum absolute atomic E-state index is 0.750. The maximum absolute atomic E-state index is 2.42. The number of rotatable bonds is 5. The van der Waals surface area contributed by atoms with Crippen molar-refractivity contribution in [3.63, 3.8) is 0 Å². The van der Waals surface area contributed by atoms with Gasteiger partial charge in [-0.2, -0.15) is 0 Å². The van der Waals surface area contributed by atoms with E-state index in [0.29, 0.717) is 0 Å². The molecule has 0 radical (unpaired) electrons. The largest absolute Gasteiger partial charge is 0.310 e. The Bertz CT molecular complexity index is 928. The van der Waals surface area contributed by atoms with E-state index in [1.165, 1.54) is 98.0 Å². The zero-order valence-corrected chi connectivity index (χ0v) is 19.6. The molecule has 2 fully saturated rings. The molecule has 5 rings (SSSR count). The third-order valence-electron chi connectivity index (χ3n) is 7.72. The van der Waals surface area contributed by atoms with Crippen LogP contribution in [0.15, 0.2) is 72.8 Å². The molecule has 2 aliphatic carbocycles. The highest BCUT2D eigenvalue weighted by Gasteiger charge is 2.19. The van der Waals surface area contributed by atoms with Crippen molar-refractivity contribution in [3.05, 3.63) is 89.5 Å². The Kier molecular flexibility index (Phi) is 6.62. The van der Waals surface area contributed by atoms with Crippen molar-refractivity contribution >= 4 is 17.1 Å². The maximum atomic E-state index is 2.42. The maximum Gasteiger partial charge on any atom is 0.0464 e. The first kappa shape index (κ1) is 21.3. The third kappa shape index (κ3) is 4.77. The average molecular weight is 424 g/mol. The van der Waals surface area contributed by atoms with Gasteiger partial charge in [0.25, 0.3) is 0 Å². The predicted molar refractivity (Wildman–Crippen MR) is 138 cm³/mol. The summed E-state index contributed by atoms with van der Waals surface area (Å²) in [5, 5.41) is 0. The Morgan fingerprint density at radius 1 is 0.531 bits per heavy atom. The Labute approximate surface area is 194 Å². The van der Waals surface area contributed by atoms with Gasteiger partial charge in [0.2, 0.25) is 0 Å². The Morgan fingerprint density at radius 3 is 1.44 bits per heavy atom. The van der Waals surface area contributed by atoms with Crippen molar-refractivity contribution in [2.24, 2.45) is 0 Å². The Morgan fingerprint density at radius 2 is 1.00 bits per heavy atom. The molecule has 3 aromatic carbocycles. The lowest BCUT2D eigenvalue weighted by Crippen LogP contribution is -2.11. The van der Waals surface area contributed by atoms with E-state index in [9.17, 15) is 0 Å². The molecule has 0 spiro atoms. The van der Waals surface area contributed by atoms with Gasteiger partial charge in [-0.15, -0.1) is 0 Å². The van der Waals surface area contributed by atoms with Gasteiger partial charge in [-0.1, -0.05) is 74.9 Å². The van der Waals surface area contributed by atoms with Gasteiger partial charge in [0.1, 0.15) is 0 Å². The van der Waals surface area contributed by atoms with E-state index in [2.05, 4.69) is 84.6 Å². The molecule has 0 bridgehead atoms. The summed E-state index contributed by atoms with van der Waals surface area (Å²) in [5.74, 6) is 1.50. The molecule has 1 nitrogen and oxygen atoms in total. The SMILES string of the molecule is Cc1cccc(N(c2ccc(C3CCCCC3)cc2)c2ccc(C3CCCCC3)cc2)c1. The summed E-state index contributed by atoms with van der Waals surface area (Å²) in [6.45, 7) is 2.18. The molecule has 0 amide bonds. The van der Waals surface area contributed by atoms with Gasteiger partial charge in [0.15, 0.2) is 0 Å². The molecule has 166 valence electrons. The number of hydrogen-bond donors (Lipinski definition) is 0. The zero-order chi connectivity index (χ0) is 21.8. The van der Waals surface area contributed by atoms with Gasteiger partial charge >= 0.3 is 0 Å². The molecule has 2 aliphatic rings. The molecule has 0 atom stereocenters. The average Bonchev–Trinajstić information content (AvgIpc) is 2.86. The number of aryl methyl sites for hydroxylation is 1. The normalized spacial score (nSPS) is 17.9. The number of anilines is 3. The van der Waals surface area contributed by atoms with Crippen LogP contribution in [0.25, 0.3) is 0 Å². The minimum Gasteiger partial charge on any atom is -0.310 e. The monoisotopic (exact) mass is 423 g/mol. The van der Waals surface area contributed by atoms with Gasteiger partial charge < -0.3 is 4.90 Å². The third-order valence-corrected chi connectivity index (χ3v) is 7.72. The lowest BCUT2D eigenvalue weighted by Gasteiger charge is -2.28. The zero-order valence-electron chi connectivity index (χ0n) is 19.6. The lowest BCUT2D eigenvalue weighted by atomic mass is 9.84. The summed E-state index contributed by atoms with van der Waals surface area (Å²) in [4.78, 5) is 2.42. The van der Waals surface area contributed by atoms with Gasteiger partial charge in [-0.25, -0.2) is 0 Å². The Balaban J connectivity index is 1.46. The van der Waals surface area contributed by atoms with Crippen LogP contribution in [0.4, 0.5) is 17.1 Å². The van der Waals surface area contributed by atoms with Crippen molar-refractivity contribution in [1.82, 2.24) is 0 Å². The molecule has 0 aromatic heterocycles. The van der Waals surface area contributed by atoms with E-state index in [1.807, 2.05) is 0 Å². The van der Waals surface area contributed by atoms with Crippen molar-refractivity contribution < 1.29 is 0 Å². The lowest BCUT2D eigenvalue weighted by molar-refractivity contribution is 0.443. The molecule has 0 heterocycles. The Hall–Kier alpha value is -2.54. The van der Waals surface area contributed by atoms with Crippen molar-refractivity contribution in [3.8, 4) is 0 Å². The summed E-state index contributed by atoms with van der Waals surface area (Å²) in [7, 11) is 0. The van der Waals surface area contributed by atoms with Crippen LogP contribution in [0.3, 0.4) is 0 Å². The molecule has 0 saturated heterocycles. The summed E-state index contributed by atoms with van der Waals surface area (Å²) in [5.41, 5.74) is 8.07. The van der Waals surface area contributed by atoms with E-state index >= 15 is 0 Å². The smallest absolute Gasteiger partial charge is 0.0464 e. The summed E-state index contributed by atoms with van der Waals surface area (Å²) >= 11 is 0.